The third-order valence-electron chi connectivity index (χ3n) is 21.6. The quantitative estimate of drug-likeness (QED) is 0.0103. The van der Waals surface area contributed by atoms with E-state index in [0.717, 1.165) is 85.8 Å². The molecule has 6 aromatic heterocycles. The van der Waals surface area contributed by atoms with Crippen molar-refractivity contribution in [3.05, 3.63) is 418 Å². The molecule has 18 aromatic rings. The minimum atomic E-state index is -5.84. The molecule has 44 heteroatoms. The molecular formula is C106H100Br3F8K6LiN10O13P2S. The Balaban J connectivity index is 0.000000370. The van der Waals surface area contributed by atoms with Crippen molar-refractivity contribution in [2.24, 2.45) is 0 Å². The zero-order valence-corrected chi connectivity index (χ0v) is 112. The summed E-state index contributed by atoms with van der Waals surface area (Å²) in [4.78, 5) is 47.0. The van der Waals surface area contributed by atoms with Crippen LogP contribution in [0.3, 0.4) is 0 Å². The normalized spacial score (nSPS) is 11.5. The first-order chi connectivity index (χ1) is 69.5. The zero-order chi connectivity index (χ0) is 109. The maximum atomic E-state index is 14.3. The molecule has 0 aliphatic heterocycles. The van der Waals surface area contributed by atoms with Crippen molar-refractivity contribution in [1.82, 2.24) is 47.8 Å². The minimum Gasteiger partial charge on any atom is -0.351 e. The number of Topliss-reactive ketones (excluding diaryl/α,β-unsaturated/α-hetero) is 1. The number of para-hydroxylation sites is 2. The number of halogens is 11. The average molecular weight is 2450 g/mol. The van der Waals surface area contributed by atoms with Gasteiger partial charge < -0.3 is 60.2 Å². The van der Waals surface area contributed by atoms with Crippen molar-refractivity contribution in [2.45, 2.75) is 130 Å². The summed E-state index contributed by atoms with van der Waals surface area (Å²) in [5.74, 6) is -2.02. The molecule has 0 spiro atoms. The van der Waals surface area contributed by atoms with E-state index in [-0.39, 0.29) is 166 Å². The minimum absolute atomic E-state index is 0. The molecule has 23 nitrogen and oxygen atoms in total. The number of benzene rings is 12. The summed E-state index contributed by atoms with van der Waals surface area (Å²) < 4.78 is 156. The van der Waals surface area contributed by atoms with E-state index in [4.69, 9.17) is 42.4 Å². The van der Waals surface area contributed by atoms with Crippen molar-refractivity contribution in [1.29, 1.82) is 0 Å². The van der Waals surface area contributed by atoms with Crippen LogP contribution < -0.4 is 142 Å². The fourth-order valence-electron chi connectivity index (χ4n) is 14.3. The number of hydrogen-bond donors (Lipinski definition) is 3. The molecule has 0 bridgehead atoms. The number of aromatic amines is 1. The number of alkyl halides is 3. The fourth-order valence-corrected chi connectivity index (χ4v) is 15.6. The summed E-state index contributed by atoms with van der Waals surface area (Å²) in [6.07, 6.45) is 24.5. The Hall–Kier alpha value is -2.12. The predicted octanol–water partition coefficient (Wildman–Crippen LogP) is 15.3. The number of nitrogens with one attached hydrogen (secondary N) is 1. The summed E-state index contributed by atoms with van der Waals surface area (Å²) in [5, 5.41) is 34.0. The molecule has 19 rings (SSSR count). The van der Waals surface area contributed by atoms with Gasteiger partial charge in [-0.1, -0.05) is 191 Å². The molecule has 0 saturated heterocycles. The number of nitrogens with zero attached hydrogens (tertiary/aromatic N) is 9. The van der Waals surface area contributed by atoms with E-state index in [1.807, 2.05) is 56.7 Å². The number of aromatic nitrogens is 10. The number of aliphatic hydroxyl groups is 1. The third-order valence-corrected chi connectivity index (χ3v) is 24.3. The van der Waals surface area contributed by atoms with Gasteiger partial charge in [-0.15, -0.1) is 0 Å². The van der Waals surface area contributed by atoms with Crippen LogP contribution in [0.5, 0.6) is 0 Å². The molecule has 150 heavy (non-hydrogen) atoms. The summed E-state index contributed by atoms with van der Waals surface area (Å²) >= 11 is 14.8. The molecule has 3 atom stereocenters. The van der Waals surface area contributed by atoms with Gasteiger partial charge >= 0.3 is 280 Å². The number of H-pyrrole nitrogens is 1. The topological polar surface area (TPSA) is 329 Å². The summed E-state index contributed by atoms with van der Waals surface area (Å²) in [6.45, 7) is 29.1. The van der Waals surface area contributed by atoms with Crippen molar-refractivity contribution in [2.75, 3.05) is 0 Å². The number of carbonyl (C=O) groups is 1. The summed E-state index contributed by atoms with van der Waals surface area (Å²) in [5.41, 5.74) is 14.0. The first-order valence-electron chi connectivity index (χ1n) is 45.6. The SMILES string of the molecule is CC(=O)c1cccc(F)c1.CC(C)(C)c1ccc2c(c1)-c1ccccc1C2.CC(C)(C)c1ccc2c(c1)c1ccccc1n2-c1ccc(-n2ccnc2)cc1Br.CC(C)(C)c1ccc2c(c1)c1ccccc1n2-c1ccc(-n2ccnc2)cc1C(C)(O)c1cccc(F)c1.Fc1ccc(-n2ccnc2)cc1Br.Fc1ccc(F)c(Br)c1.O=S(=O)(O)C(F)(F)F.O=[P+]([O-])O[O-].O=[P+]([O-])O[O-].[CH2-]CCC.[K+].[K+].[K][K].[K][K].[Li+].c1c[nH]cn1. The van der Waals surface area contributed by atoms with Gasteiger partial charge in [0.25, 0.3) is 0 Å². The Labute approximate surface area is 1080 Å². The maximum absolute atomic E-state index is 14.3. The van der Waals surface area contributed by atoms with Crippen molar-refractivity contribution in [3.8, 4) is 39.6 Å². The third kappa shape index (κ3) is 42.7. The number of rotatable bonds is 11. The first-order valence-corrected chi connectivity index (χ1v) is 83.7. The predicted molar refractivity (Wildman–Crippen MR) is 568 cm³/mol. The zero-order valence-electron chi connectivity index (χ0n) is 86.3. The maximum Gasteiger partial charge on any atom is 1.00 e. The van der Waals surface area contributed by atoms with E-state index in [2.05, 4.69) is 307 Å². The molecule has 12 aromatic carbocycles. The van der Waals surface area contributed by atoms with Crippen LogP contribution in [0.2, 0.25) is 0 Å². The van der Waals surface area contributed by atoms with Crippen molar-refractivity contribution in [3.63, 3.8) is 0 Å². The van der Waals surface area contributed by atoms with Crippen LogP contribution in [0.25, 0.3) is 83.2 Å². The number of ketones is 1. The molecule has 0 amide bonds. The van der Waals surface area contributed by atoms with E-state index < -0.39 is 49.4 Å². The molecule has 0 fully saturated rings. The van der Waals surface area contributed by atoms with Crippen LogP contribution in [0.4, 0.5) is 35.1 Å². The van der Waals surface area contributed by atoms with Crippen molar-refractivity contribution >= 4 is 250 Å². The molecular weight excluding hydrogens is 2350 g/mol. The molecule has 752 valence electrons. The smallest absolute Gasteiger partial charge is 0.351 e. The van der Waals surface area contributed by atoms with E-state index in [1.165, 1.54) is 237 Å². The molecule has 1 aliphatic carbocycles. The van der Waals surface area contributed by atoms with Gasteiger partial charge in [0.2, 0.25) is 0 Å². The Morgan fingerprint density at radius 2 is 0.860 bits per heavy atom. The van der Waals surface area contributed by atoms with Crippen LogP contribution in [-0.4, -0.2) is 203 Å². The Morgan fingerprint density at radius 1 is 0.473 bits per heavy atom. The van der Waals surface area contributed by atoms with Gasteiger partial charge in [-0.25, -0.2) is 51.2 Å². The number of unbranched alkanes of at least 4 members (excludes halogenated alkanes) is 1. The van der Waals surface area contributed by atoms with Crippen LogP contribution in [0.1, 0.15) is 145 Å². The van der Waals surface area contributed by atoms with Crippen molar-refractivity contribution < 1.29 is 218 Å². The number of carbonyl (C=O) groups excluding carboxylic acids is 1. The van der Waals surface area contributed by atoms with Crippen LogP contribution in [0, 0.1) is 36.0 Å². The molecule has 6 heterocycles. The largest absolute Gasteiger partial charge is 1.00 e. The molecule has 1 aliphatic rings. The Bertz CT molecular complexity index is 7440. The number of hydrogen-bond acceptors (Lipinski definition) is 16. The van der Waals surface area contributed by atoms with E-state index >= 15 is 0 Å². The second-order valence-corrected chi connectivity index (χ2v) is 40.0. The monoisotopic (exact) mass is 2440 g/mol. The van der Waals surface area contributed by atoms with Gasteiger partial charge in [-0.2, -0.15) is 28.0 Å². The molecule has 3 N–H and O–H groups in total. The van der Waals surface area contributed by atoms with Gasteiger partial charge in [0.15, 0.2) is 5.78 Å². The molecule has 0 radical (unpaired) electrons. The summed E-state index contributed by atoms with van der Waals surface area (Å²) in [7, 11) is -12.1. The van der Waals surface area contributed by atoms with Gasteiger partial charge in [0.05, 0.1) is 67.7 Å². The Kier molecular flexibility index (Phi) is 63.8. The van der Waals surface area contributed by atoms with Gasteiger partial charge in [0, 0.05) is 104 Å². The fraction of sp³-hybridized carbons (Fsp3) is 0.189. The van der Waals surface area contributed by atoms with Gasteiger partial charge in [-0.3, -0.25) is 9.35 Å². The second-order valence-electron chi connectivity index (χ2n) is 34.8. The van der Waals surface area contributed by atoms with E-state index in [0.29, 0.717) is 21.2 Å². The second kappa shape index (κ2) is 68.3. The van der Waals surface area contributed by atoms with Crippen LogP contribution in [-0.2, 0) is 56.9 Å². The number of fused-ring (bicyclic) bond motifs is 9. The summed E-state index contributed by atoms with van der Waals surface area (Å²) in [6, 6.07) is 78.5. The van der Waals surface area contributed by atoms with Crippen LogP contribution in [0.15, 0.2) is 337 Å². The number of imidazole rings is 4. The molecule has 3 unspecified atom stereocenters. The first kappa shape index (κ1) is 140. The van der Waals surface area contributed by atoms with E-state index in [1.54, 1.807) is 93.4 Å². The van der Waals surface area contributed by atoms with E-state index in [9.17, 15) is 45.0 Å². The Morgan fingerprint density at radius 3 is 1.24 bits per heavy atom. The molecule has 0 saturated carbocycles. The van der Waals surface area contributed by atoms with Gasteiger partial charge in [0.1, 0.15) is 34.7 Å². The van der Waals surface area contributed by atoms with Gasteiger partial charge in [-0.05, 0) is 271 Å². The average Bonchev–Trinajstić information content (AvgIpc) is 1.56. The standard InChI is InChI=1S/C33H30FN3O.C25H22BrN3.C17H18.C9H6BrFN2.C8H7FO.C6H3BrF2.C4H9.C3H4N2.CHF3O3S.6K.Li.2HO4P/c1-32(2,3)22-12-14-30-27(19-22)26-10-5-6-11-29(26)37(30)31-15-13-25(36-17-16-35-21-36)20-28(31)33(4,38)23-8-7-9-24(34)18-23;1-25(2,3)17-8-10-23-20(14-17)19-6-4-5-7-22(19)29(23)24-11-9-18(15-21(24)26)28-13-12-27-16-28;1-17(2,3)14-9-8-13-10-12-6-4-5-7-15(12)16(13)11-14;10-8-5-7(1-2-9(8)11)13-4-3-12-6-13;1-6(10)7-3-2-4-8(9)5-7;7-5-3-4(8)1-2-6(5)9;1-3-4-2;1-2-5-3-4-1;2-1(3,4)8(5,6)7;;;;;;;;2*1-4-5(2)3/h5-21,38H,1-4H3;4-16H,1-3H3;4-9,11H,10H2,1-3H3;1-6H;2-5H,1H3;1-3H;1,3-4H2,2H3;1-3H,(H,4,5);(H,5,6,7);;;;;;;;2*1H/q;;;;;;-1;;;;;;;3*+1;;/p-2. The van der Waals surface area contributed by atoms with Crippen LogP contribution >= 0.6 is 64.3 Å².